The summed E-state index contributed by atoms with van der Waals surface area (Å²) in [5.74, 6) is 1.99. The molecule has 1 aliphatic rings. The molecule has 0 aliphatic carbocycles. The second kappa shape index (κ2) is 11.0. The molecule has 3 aromatic rings. The average Bonchev–Trinajstić information content (AvgIpc) is 3.34. The van der Waals surface area contributed by atoms with E-state index in [1.807, 2.05) is 41.2 Å². The Bertz CT molecular complexity index is 1040. The van der Waals surface area contributed by atoms with Crippen molar-refractivity contribution in [1.29, 1.82) is 0 Å². The summed E-state index contributed by atoms with van der Waals surface area (Å²) in [6.07, 6.45) is 4.30. The van der Waals surface area contributed by atoms with Crippen molar-refractivity contribution in [3.8, 4) is 11.4 Å². The molecular weight excluding hydrogens is 414 g/mol. The predicted octanol–water partition coefficient (Wildman–Crippen LogP) is 4.02. The molecule has 1 aromatic heterocycles. The Morgan fingerprint density at radius 2 is 1.91 bits per heavy atom. The third kappa shape index (κ3) is 5.93. The van der Waals surface area contributed by atoms with E-state index in [0.29, 0.717) is 12.5 Å². The molecule has 2 N–H and O–H groups in total. The highest BCUT2D eigenvalue weighted by Crippen LogP contribution is 2.33. The molecule has 1 saturated heterocycles. The summed E-state index contributed by atoms with van der Waals surface area (Å²) in [6, 6.07) is 18.5. The van der Waals surface area contributed by atoms with Gasteiger partial charge in [-0.25, -0.2) is 4.68 Å². The number of rotatable bonds is 7. The van der Waals surface area contributed by atoms with E-state index in [9.17, 15) is 0 Å². The van der Waals surface area contributed by atoms with Gasteiger partial charge in [0, 0.05) is 32.3 Å². The van der Waals surface area contributed by atoms with Crippen LogP contribution in [-0.4, -0.2) is 43.0 Å². The van der Waals surface area contributed by atoms with Gasteiger partial charge in [0.2, 0.25) is 0 Å². The van der Waals surface area contributed by atoms with Gasteiger partial charge in [0.25, 0.3) is 0 Å². The monoisotopic (exact) mass is 447 g/mol. The van der Waals surface area contributed by atoms with E-state index in [1.54, 1.807) is 14.2 Å². The van der Waals surface area contributed by atoms with Gasteiger partial charge in [0.05, 0.1) is 31.1 Å². The smallest absolute Gasteiger partial charge is 0.191 e. The van der Waals surface area contributed by atoms with Crippen LogP contribution in [0.4, 0.5) is 0 Å². The Kier molecular flexibility index (Phi) is 7.62. The van der Waals surface area contributed by atoms with E-state index < -0.39 is 0 Å². The van der Waals surface area contributed by atoms with Gasteiger partial charge in [-0.2, -0.15) is 5.10 Å². The number of guanidine groups is 1. The molecule has 1 fully saturated rings. The molecule has 4 rings (SSSR count). The first kappa shape index (κ1) is 22.9. The first-order valence-electron chi connectivity index (χ1n) is 11.5. The van der Waals surface area contributed by atoms with Crippen molar-refractivity contribution >= 4 is 5.96 Å². The van der Waals surface area contributed by atoms with E-state index in [2.05, 4.69) is 51.9 Å². The summed E-state index contributed by atoms with van der Waals surface area (Å²) in [5, 5.41) is 11.5. The Balaban J connectivity index is 1.31. The summed E-state index contributed by atoms with van der Waals surface area (Å²) < 4.78 is 13.2. The zero-order valence-electron chi connectivity index (χ0n) is 19.6. The highest BCUT2D eigenvalue weighted by atomic mass is 16.5. The Hall–Kier alpha value is -3.32. The lowest BCUT2D eigenvalue weighted by Gasteiger charge is -2.32. The van der Waals surface area contributed by atoms with Crippen molar-refractivity contribution in [2.45, 2.75) is 32.4 Å². The lowest BCUT2D eigenvalue weighted by Crippen LogP contribution is -2.41. The summed E-state index contributed by atoms with van der Waals surface area (Å²) in [7, 11) is 3.46. The van der Waals surface area contributed by atoms with E-state index in [1.165, 1.54) is 11.1 Å². The minimum atomic E-state index is 0.116. The van der Waals surface area contributed by atoms with Crippen LogP contribution in [-0.2, 0) is 11.3 Å². The molecule has 2 aromatic carbocycles. The minimum Gasteiger partial charge on any atom is -0.497 e. The van der Waals surface area contributed by atoms with Crippen molar-refractivity contribution in [3.63, 3.8) is 0 Å². The van der Waals surface area contributed by atoms with Gasteiger partial charge in [-0.3, -0.25) is 4.99 Å². The maximum Gasteiger partial charge on any atom is 0.191 e. The zero-order chi connectivity index (χ0) is 23.0. The number of benzene rings is 2. The molecule has 0 spiro atoms. The quantitative estimate of drug-likeness (QED) is 0.423. The number of aryl methyl sites for hydroxylation is 1. The van der Waals surface area contributed by atoms with Gasteiger partial charge >= 0.3 is 0 Å². The molecule has 2 atom stereocenters. The molecular formula is C26H33N5O2. The third-order valence-corrected chi connectivity index (χ3v) is 6.02. The zero-order valence-corrected chi connectivity index (χ0v) is 19.6. The highest BCUT2D eigenvalue weighted by molar-refractivity contribution is 5.79. The Morgan fingerprint density at radius 3 is 2.64 bits per heavy atom. The van der Waals surface area contributed by atoms with Crippen molar-refractivity contribution < 1.29 is 9.47 Å². The van der Waals surface area contributed by atoms with Crippen LogP contribution >= 0.6 is 0 Å². The van der Waals surface area contributed by atoms with Crippen LogP contribution in [0.5, 0.6) is 5.75 Å². The molecule has 0 saturated carbocycles. The van der Waals surface area contributed by atoms with Crippen molar-refractivity contribution in [2.24, 2.45) is 10.9 Å². The number of hydrogen-bond acceptors (Lipinski definition) is 4. The lowest BCUT2D eigenvalue weighted by molar-refractivity contribution is -0.0265. The largest absolute Gasteiger partial charge is 0.497 e. The van der Waals surface area contributed by atoms with E-state index >= 15 is 0 Å². The number of aromatic nitrogens is 2. The van der Waals surface area contributed by atoms with Crippen LogP contribution in [0.2, 0.25) is 0 Å². The van der Waals surface area contributed by atoms with Crippen LogP contribution < -0.4 is 15.4 Å². The minimum absolute atomic E-state index is 0.116. The topological polar surface area (TPSA) is 72.7 Å². The summed E-state index contributed by atoms with van der Waals surface area (Å²) in [4.78, 5) is 4.39. The fourth-order valence-electron chi connectivity index (χ4n) is 4.13. The van der Waals surface area contributed by atoms with E-state index in [4.69, 9.17) is 9.47 Å². The molecule has 1 aliphatic heterocycles. The van der Waals surface area contributed by atoms with Crippen molar-refractivity contribution in [1.82, 2.24) is 20.4 Å². The predicted molar refractivity (Wildman–Crippen MR) is 131 cm³/mol. The van der Waals surface area contributed by atoms with Crippen LogP contribution in [0.3, 0.4) is 0 Å². The number of hydrogen-bond donors (Lipinski definition) is 2. The number of ether oxygens (including phenoxy) is 2. The Morgan fingerprint density at radius 1 is 1.12 bits per heavy atom. The summed E-state index contributed by atoms with van der Waals surface area (Å²) in [5.41, 5.74) is 4.44. The van der Waals surface area contributed by atoms with Gasteiger partial charge < -0.3 is 20.1 Å². The van der Waals surface area contributed by atoms with Crippen molar-refractivity contribution in [2.75, 3.05) is 27.3 Å². The number of aliphatic imine (C=N–C) groups is 1. The van der Waals surface area contributed by atoms with Crippen molar-refractivity contribution in [3.05, 3.63) is 77.6 Å². The third-order valence-electron chi connectivity index (χ3n) is 6.02. The first-order valence-corrected chi connectivity index (χ1v) is 11.5. The van der Waals surface area contributed by atoms with E-state index in [0.717, 1.165) is 49.1 Å². The highest BCUT2D eigenvalue weighted by Gasteiger charge is 2.27. The Labute approximate surface area is 195 Å². The van der Waals surface area contributed by atoms with Crippen LogP contribution in [0.15, 0.2) is 65.8 Å². The van der Waals surface area contributed by atoms with Gasteiger partial charge in [-0.1, -0.05) is 29.8 Å². The van der Waals surface area contributed by atoms with Gasteiger partial charge in [-0.15, -0.1) is 0 Å². The molecule has 2 heterocycles. The first-order chi connectivity index (χ1) is 16.2. The average molecular weight is 448 g/mol. The lowest BCUT2D eigenvalue weighted by atomic mass is 9.89. The van der Waals surface area contributed by atoms with Crippen LogP contribution in [0.1, 0.15) is 35.8 Å². The second-order valence-corrected chi connectivity index (χ2v) is 8.36. The summed E-state index contributed by atoms with van der Waals surface area (Å²) in [6.45, 7) is 4.32. The molecule has 33 heavy (non-hydrogen) atoms. The van der Waals surface area contributed by atoms with Gasteiger partial charge in [0.1, 0.15) is 5.75 Å². The summed E-state index contributed by atoms with van der Waals surface area (Å²) >= 11 is 0. The standard InChI is InChI=1S/C26H33N5O2/c1-19-6-8-20(9-7-19)25-21(5-4-16-33-25)17-28-26(27-2)29-18-22-14-15-31(30-22)23-10-12-24(32-3)13-11-23/h6-15,21,25H,4-5,16-18H2,1-3H3,(H2,27,28,29). The van der Waals surface area contributed by atoms with E-state index in [-0.39, 0.29) is 6.10 Å². The van der Waals surface area contributed by atoms with Gasteiger partial charge in [0.15, 0.2) is 5.96 Å². The fraction of sp³-hybridized carbons (Fsp3) is 0.385. The maximum absolute atomic E-state index is 6.15. The second-order valence-electron chi connectivity index (χ2n) is 8.36. The number of nitrogens with one attached hydrogen (secondary N) is 2. The normalized spacial score (nSPS) is 18.7. The number of methoxy groups -OCH3 is 1. The molecule has 174 valence electrons. The molecule has 2 unspecified atom stereocenters. The van der Waals surface area contributed by atoms with Gasteiger partial charge in [-0.05, 0) is 55.7 Å². The SMILES string of the molecule is CN=C(NCc1ccn(-c2ccc(OC)cc2)n1)NCC1CCCOC1c1ccc(C)cc1. The maximum atomic E-state index is 6.15. The van der Waals surface area contributed by atoms with Crippen LogP contribution in [0.25, 0.3) is 5.69 Å². The molecule has 0 radical (unpaired) electrons. The fourth-order valence-corrected chi connectivity index (χ4v) is 4.13. The van der Waals surface area contributed by atoms with Crippen LogP contribution in [0, 0.1) is 12.8 Å². The molecule has 7 nitrogen and oxygen atoms in total. The number of nitrogens with zero attached hydrogens (tertiary/aromatic N) is 3. The molecule has 0 bridgehead atoms. The molecule has 0 amide bonds. The molecule has 7 heteroatoms.